The van der Waals surface area contributed by atoms with E-state index in [-0.39, 0.29) is 10.7 Å². The van der Waals surface area contributed by atoms with Crippen LogP contribution in [-0.2, 0) is 4.79 Å². The number of rotatable bonds is 3. The van der Waals surface area contributed by atoms with Crippen LogP contribution in [0.2, 0.25) is 5.02 Å². The number of amides is 2. The number of likely N-dealkylation sites (tertiary alicyclic amines) is 1. The summed E-state index contributed by atoms with van der Waals surface area (Å²) in [5.74, 6) is -5.61. The molecule has 1 aliphatic heterocycles. The van der Waals surface area contributed by atoms with Gasteiger partial charge in [-0.2, -0.15) is 13.2 Å². The number of nitro groups is 1. The van der Waals surface area contributed by atoms with Crippen molar-refractivity contribution < 1.29 is 32.8 Å². The topological polar surface area (TPSA) is 113 Å². The fourth-order valence-electron chi connectivity index (χ4n) is 2.48. The van der Waals surface area contributed by atoms with Crippen molar-refractivity contribution in [1.82, 2.24) is 4.90 Å². The number of urea groups is 1. The Balaban J connectivity index is 2.15. The molecular formula is C13H11ClF3N3O5. The van der Waals surface area contributed by atoms with Crippen molar-refractivity contribution in [1.29, 1.82) is 0 Å². The number of nitrogens with one attached hydrogen (secondary N) is 1. The van der Waals surface area contributed by atoms with Crippen LogP contribution in [0.4, 0.5) is 29.3 Å². The molecule has 0 saturated carbocycles. The SMILES string of the molecule is O=C(O)[C@@H]1CN(C(=O)Nc2ccc(Cl)c([N+](=O)[O-])c2)C[C@H]1C(F)(F)F. The van der Waals surface area contributed by atoms with Gasteiger partial charge in [0.2, 0.25) is 0 Å². The number of anilines is 1. The third-order valence-corrected chi connectivity index (χ3v) is 4.06. The Morgan fingerprint density at radius 3 is 2.48 bits per heavy atom. The van der Waals surface area contributed by atoms with E-state index in [1.807, 2.05) is 0 Å². The van der Waals surface area contributed by atoms with E-state index in [1.165, 1.54) is 6.07 Å². The number of hydrogen-bond acceptors (Lipinski definition) is 4. The van der Waals surface area contributed by atoms with Crippen molar-refractivity contribution in [2.24, 2.45) is 11.8 Å². The smallest absolute Gasteiger partial charge is 0.394 e. The Morgan fingerprint density at radius 2 is 2.00 bits per heavy atom. The normalized spacial score (nSPS) is 20.4. The van der Waals surface area contributed by atoms with E-state index in [4.69, 9.17) is 16.7 Å². The van der Waals surface area contributed by atoms with Crippen LogP contribution < -0.4 is 5.32 Å². The van der Waals surface area contributed by atoms with E-state index >= 15 is 0 Å². The lowest BCUT2D eigenvalue weighted by atomic mass is 9.96. The Hall–Kier alpha value is -2.56. The first-order chi connectivity index (χ1) is 11.5. The molecule has 0 aromatic heterocycles. The summed E-state index contributed by atoms with van der Waals surface area (Å²) in [6.45, 7) is -1.44. The van der Waals surface area contributed by atoms with Gasteiger partial charge in [-0.15, -0.1) is 0 Å². The highest BCUT2D eigenvalue weighted by Crippen LogP contribution is 2.38. The Labute approximate surface area is 143 Å². The number of benzene rings is 1. The highest BCUT2D eigenvalue weighted by atomic mass is 35.5. The molecule has 136 valence electrons. The van der Waals surface area contributed by atoms with Crippen molar-refractivity contribution in [2.75, 3.05) is 18.4 Å². The van der Waals surface area contributed by atoms with Crippen molar-refractivity contribution >= 4 is 35.0 Å². The molecule has 1 heterocycles. The van der Waals surface area contributed by atoms with E-state index in [1.54, 1.807) is 0 Å². The molecule has 2 N–H and O–H groups in total. The zero-order chi connectivity index (χ0) is 18.9. The highest BCUT2D eigenvalue weighted by molar-refractivity contribution is 6.32. The largest absolute Gasteiger partial charge is 0.481 e. The fraction of sp³-hybridized carbons (Fsp3) is 0.385. The molecule has 2 rings (SSSR count). The van der Waals surface area contributed by atoms with Crippen LogP contribution in [0.25, 0.3) is 0 Å². The van der Waals surface area contributed by atoms with Gasteiger partial charge in [0.1, 0.15) is 5.02 Å². The number of carboxylic acid groups (broad SMARTS) is 1. The molecule has 0 unspecified atom stereocenters. The molecule has 25 heavy (non-hydrogen) atoms. The first-order valence-electron chi connectivity index (χ1n) is 6.80. The molecule has 2 amide bonds. The number of nitrogens with zero attached hydrogens (tertiary/aromatic N) is 2. The molecule has 1 aliphatic rings. The van der Waals surface area contributed by atoms with Gasteiger partial charge in [-0.25, -0.2) is 4.79 Å². The van der Waals surface area contributed by atoms with Crippen LogP contribution in [0.15, 0.2) is 18.2 Å². The van der Waals surface area contributed by atoms with Crippen molar-refractivity contribution in [3.05, 3.63) is 33.3 Å². The van der Waals surface area contributed by atoms with Crippen LogP contribution in [-0.4, -0.2) is 46.2 Å². The monoisotopic (exact) mass is 381 g/mol. The quantitative estimate of drug-likeness (QED) is 0.617. The van der Waals surface area contributed by atoms with Crippen LogP contribution in [0.1, 0.15) is 0 Å². The number of carbonyl (C=O) groups is 2. The van der Waals surface area contributed by atoms with Crippen molar-refractivity contribution in [3.63, 3.8) is 0 Å². The lowest BCUT2D eigenvalue weighted by Crippen LogP contribution is -2.35. The Kier molecular flexibility index (Phi) is 5.07. The summed E-state index contributed by atoms with van der Waals surface area (Å²) >= 11 is 5.62. The summed E-state index contributed by atoms with van der Waals surface area (Å²) in [7, 11) is 0. The van der Waals surface area contributed by atoms with Gasteiger partial charge >= 0.3 is 18.2 Å². The second-order valence-electron chi connectivity index (χ2n) is 5.35. The molecule has 2 atom stereocenters. The third kappa shape index (κ3) is 4.10. The maximum atomic E-state index is 12.9. The average molecular weight is 382 g/mol. The predicted molar refractivity (Wildman–Crippen MR) is 79.4 cm³/mol. The number of alkyl halides is 3. The zero-order valence-electron chi connectivity index (χ0n) is 12.3. The van der Waals surface area contributed by atoms with E-state index in [0.29, 0.717) is 4.90 Å². The molecule has 0 bridgehead atoms. The lowest BCUT2D eigenvalue weighted by molar-refractivity contribution is -0.384. The van der Waals surface area contributed by atoms with Crippen molar-refractivity contribution in [3.8, 4) is 0 Å². The lowest BCUT2D eigenvalue weighted by Gasteiger charge is -2.18. The molecule has 1 saturated heterocycles. The second kappa shape index (κ2) is 6.75. The Morgan fingerprint density at radius 1 is 1.36 bits per heavy atom. The van der Waals surface area contributed by atoms with Gasteiger partial charge in [0.25, 0.3) is 5.69 Å². The number of carboxylic acids is 1. The average Bonchev–Trinajstić information content (AvgIpc) is 2.94. The predicted octanol–water partition coefficient (Wildman–Crippen LogP) is 2.98. The third-order valence-electron chi connectivity index (χ3n) is 3.74. The minimum absolute atomic E-state index is 0.0524. The summed E-state index contributed by atoms with van der Waals surface area (Å²) in [6, 6.07) is 2.35. The zero-order valence-corrected chi connectivity index (χ0v) is 13.0. The maximum Gasteiger partial charge on any atom is 0.394 e. The molecule has 1 aromatic rings. The summed E-state index contributed by atoms with van der Waals surface area (Å²) < 4.78 is 38.7. The molecule has 1 fully saturated rings. The number of nitro benzene ring substituents is 1. The maximum absolute atomic E-state index is 12.9. The fourth-order valence-corrected chi connectivity index (χ4v) is 2.67. The number of carbonyl (C=O) groups excluding carboxylic acids is 1. The number of hydrogen-bond donors (Lipinski definition) is 2. The van der Waals surface area contributed by atoms with E-state index in [2.05, 4.69) is 5.32 Å². The summed E-state index contributed by atoms with van der Waals surface area (Å²) in [5.41, 5.74) is -0.541. The minimum Gasteiger partial charge on any atom is -0.481 e. The van der Waals surface area contributed by atoms with Gasteiger partial charge in [0.15, 0.2) is 0 Å². The molecule has 1 aromatic carbocycles. The standard InChI is InChI=1S/C13H11ClF3N3O5/c14-9-2-1-6(3-10(9)20(24)25)18-12(23)19-4-7(11(21)22)8(5-19)13(15,16)17/h1-3,7-8H,4-5H2,(H,18,23)(H,21,22)/t7-,8-/m1/s1. The second-order valence-corrected chi connectivity index (χ2v) is 5.76. The summed E-state index contributed by atoms with van der Waals surface area (Å²) in [4.78, 5) is 33.8. The molecule has 0 aliphatic carbocycles. The molecule has 0 radical (unpaired) electrons. The van der Waals surface area contributed by atoms with Crippen LogP contribution in [0, 0.1) is 22.0 Å². The van der Waals surface area contributed by atoms with Gasteiger partial charge in [-0.1, -0.05) is 11.6 Å². The summed E-state index contributed by atoms with van der Waals surface area (Å²) in [5, 5.41) is 21.7. The Bertz CT molecular complexity index is 727. The van der Waals surface area contributed by atoms with Gasteiger partial charge in [0, 0.05) is 24.8 Å². The van der Waals surface area contributed by atoms with Gasteiger partial charge < -0.3 is 15.3 Å². The van der Waals surface area contributed by atoms with Gasteiger partial charge in [0.05, 0.1) is 16.8 Å². The van der Waals surface area contributed by atoms with Gasteiger partial charge in [-0.3, -0.25) is 14.9 Å². The van der Waals surface area contributed by atoms with Gasteiger partial charge in [-0.05, 0) is 12.1 Å². The molecule has 0 spiro atoms. The molecule has 12 heteroatoms. The molecular weight excluding hydrogens is 371 g/mol. The molecule has 8 nitrogen and oxygen atoms in total. The highest BCUT2D eigenvalue weighted by Gasteiger charge is 2.53. The summed E-state index contributed by atoms with van der Waals surface area (Å²) in [6.07, 6.45) is -4.77. The van der Waals surface area contributed by atoms with E-state index < -0.39 is 53.7 Å². The van der Waals surface area contributed by atoms with E-state index in [0.717, 1.165) is 12.1 Å². The van der Waals surface area contributed by atoms with Crippen molar-refractivity contribution in [2.45, 2.75) is 6.18 Å². The first kappa shape index (κ1) is 18.8. The van der Waals surface area contributed by atoms with E-state index in [9.17, 15) is 32.9 Å². The minimum atomic E-state index is -4.77. The number of aliphatic carboxylic acids is 1. The van der Waals surface area contributed by atoms with Crippen LogP contribution in [0.3, 0.4) is 0 Å². The van der Waals surface area contributed by atoms with Crippen LogP contribution in [0.5, 0.6) is 0 Å². The number of halogens is 4. The van der Waals surface area contributed by atoms with Crippen LogP contribution >= 0.6 is 11.6 Å². The first-order valence-corrected chi connectivity index (χ1v) is 7.18.